The van der Waals surface area contributed by atoms with Gasteiger partial charge in [0.25, 0.3) is 0 Å². The fourth-order valence-corrected chi connectivity index (χ4v) is 1.85. The molecule has 0 spiro atoms. The van der Waals surface area contributed by atoms with Gasteiger partial charge in [0.05, 0.1) is 6.04 Å². The van der Waals surface area contributed by atoms with Crippen LogP contribution in [0.15, 0.2) is 4.99 Å². The molecule has 0 radical (unpaired) electrons. The Morgan fingerprint density at radius 3 is 2.54 bits per heavy atom. The van der Waals surface area contributed by atoms with Crippen molar-refractivity contribution in [2.45, 2.75) is 44.8 Å². The van der Waals surface area contributed by atoms with Crippen LogP contribution in [0.1, 0.15) is 32.6 Å². The predicted octanol–water partition coefficient (Wildman–Crippen LogP) is 2.01. The van der Waals surface area contributed by atoms with Crippen LogP contribution in [0.3, 0.4) is 0 Å². The van der Waals surface area contributed by atoms with Gasteiger partial charge in [0.1, 0.15) is 6.10 Å². The van der Waals surface area contributed by atoms with Crippen molar-refractivity contribution in [2.75, 3.05) is 14.2 Å². The Labute approximate surface area is 80.1 Å². The summed E-state index contributed by atoms with van der Waals surface area (Å²) < 4.78 is 9.77. The molecule has 3 nitrogen and oxygen atoms in total. The van der Waals surface area contributed by atoms with Crippen LogP contribution >= 0.6 is 0 Å². The molecule has 3 heteroatoms. The minimum atomic E-state index is 0.439. The monoisotopic (exact) mass is 185 g/mol. The molecule has 76 valence electrons. The molecule has 2 unspecified atom stereocenters. The van der Waals surface area contributed by atoms with Gasteiger partial charge in [-0.05, 0) is 19.3 Å². The molecule has 2 rings (SSSR count). The zero-order valence-electron chi connectivity index (χ0n) is 8.75. The third-order valence-electron chi connectivity index (χ3n) is 2.34. The van der Waals surface area contributed by atoms with E-state index in [1.165, 1.54) is 25.7 Å². The van der Waals surface area contributed by atoms with E-state index in [1.807, 2.05) is 6.92 Å². The SMILES string of the molecule is CC1=NC2CCCCC2O1.COC. The Morgan fingerprint density at radius 2 is 1.92 bits per heavy atom. The van der Waals surface area contributed by atoms with Crippen molar-refractivity contribution in [3.63, 3.8) is 0 Å². The van der Waals surface area contributed by atoms with Crippen LogP contribution in [0.25, 0.3) is 0 Å². The van der Waals surface area contributed by atoms with Crippen LogP contribution in [0.2, 0.25) is 0 Å². The summed E-state index contributed by atoms with van der Waals surface area (Å²) in [6, 6.07) is 0.508. The highest BCUT2D eigenvalue weighted by Crippen LogP contribution is 2.27. The molecular weight excluding hydrogens is 166 g/mol. The summed E-state index contributed by atoms with van der Waals surface area (Å²) in [6.45, 7) is 1.96. The fourth-order valence-electron chi connectivity index (χ4n) is 1.85. The number of rotatable bonds is 0. The van der Waals surface area contributed by atoms with E-state index >= 15 is 0 Å². The molecule has 0 N–H and O–H groups in total. The average molecular weight is 185 g/mol. The van der Waals surface area contributed by atoms with Crippen LogP contribution in [-0.2, 0) is 9.47 Å². The van der Waals surface area contributed by atoms with Crippen LogP contribution < -0.4 is 0 Å². The number of nitrogens with zero attached hydrogens (tertiary/aromatic N) is 1. The van der Waals surface area contributed by atoms with Gasteiger partial charge in [-0.2, -0.15) is 0 Å². The molecule has 2 aliphatic rings. The molecular formula is C10H19NO2. The minimum Gasteiger partial charge on any atom is -0.476 e. The molecule has 0 bridgehead atoms. The topological polar surface area (TPSA) is 30.8 Å². The number of ether oxygens (including phenoxy) is 2. The molecule has 0 saturated heterocycles. The maximum absolute atomic E-state index is 5.52. The summed E-state index contributed by atoms with van der Waals surface area (Å²) in [5, 5.41) is 0. The third-order valence-corrected chi connectivity index (χ3v) is 2.34. The second-order valence-corrected chi connectivity index (χ2v) is 3.56. The summed E-state index contributed by atoms with van der Waals surface area (Å²) >= 11 is 0. The van der Waals surface area contributed by atoms with Gasteiger partial charge >= 0.3 is 0 Å². The molecule has 1 heterocycles. The zero-order valence-corrected chi connectivity index (χ0v) is 8.75. The van der Waals surface area contributed by atoms with E-state index in [0.717, 1.165) is 5.90 Å². The van der Waals surface area contributed by atoms with Crippen LogP contribution in [0.4, 0.5) is 0 Å². The molecule has 2 atom stereocenters. The lowest BCUT2D eigenvalue weighted by molar-refractivity contribution is 0.151. The van der Waals surface area contributed by atoms with Crippen molar-refractivity contribution in [3.8, 4) is 0 Å². The Hall–Kier alpha value is -0.570. The van der Waals surface area contributed by atoms with E-state index in [-0.39, 0.29) is 0 Å². The molecule has 1 saturated carbocycles. The van der Waals surface area contributed by atoms with Crippen molar-refractivity contribution in [3.05, 3.63) is 0 Å². The zero-order chi connectivity index (χ0) is 9.68. The van der Waals surface area contributed by atoms with Gasteiger partial charge in [-0.25, -0.2) is 4.99 Å². The first kappa shape index (κ1) is 10.5. The second-order valence-electron chi connectivity index (χ2n) is 3.56. The van der Waals surface area contributed by atoms with Crippen LogP contribution in [-0.4, -0.2) is 32.3 Å². The van der Waals surface area contributed by atoms with Crippen molar-refractivity contribution >= 4 is 5.90 Å². The number of methoxy groups -OCH3 is 1. The van der Waals surface area contributed by atoms with E-state index in [4.69, 9.17) is 4.74 Å². The highest BCUT2D eigenvalue weighted by atomic mass is 16.5. The summed E-state index contributed by atoms with van der Waals surface area (Å²) in [4.78, 5) is 4.40. The van der Waals surface area contributed by atoms with Crippen LogP contribution in [0, 0.1) is 0 Å². The molecule has 13 heavy (non-hydrogen) atoms. The second kappa shape index (κ2) is 5.22. The van der Waals surface area contributed by atoms with Gasteiger partial charge in [0, 0.05) is 21.1 Å². The largest absolute Gasteiger partial charge is 0.476 e. The molecule has 0 aromatic heterocycles. The lowest BCUT2D eigenvalue weighted by atomic mass is 9.94. The van der Waals surface area contributed by atoms with Gasteiger partial charge in [-0.15, -0.1) is 0 Å². The molecule has 0 amide bonds. The van der Waals surface area contributed by atoms with E-state index in [2.05, 4.69) is 9.73 Å². The van der Waals surface area contributed by atoms with Gasteiger partial charge < -0.3 is 9.47 Å². The maximum Gasteiger partial charge on any atom is 0.180 e. The van der Waals surface area contributed by atoms with Crippen molar-refractivity contribution in [1.82, 2.24) is 0 Å². The third kappa shape index (κ3) is 2.99. The van der Waals surface area contributed by atoms with Gasteiger partial charge in [0.2, 0.25) is 0 Å². The lowest BCUT2D eigenvalue weighted by Gasteiger charge is -2.21. The normalized spacial score (nSPS) is 30.8. The molecule has 1 fully saturated rings. The molecule has 0 aromatic carbocycles. The van der Waals surface area contributed by atoms with Crippen molar-refractivity contribution < 1.29 is 9.47 Å². The first-order valence-corrected chi connectivity index (χ1v) is 4.89. The quantitative estimate of drug-likeness (QED) is 0.578. The smallest absolute Gasteiger partial charge is 0.180 e. The Morgan fingerprint density at radius 1 is 1.31 bits per heavy atom. The predicted molar refractivity (Wildman–Crippen MR) is 53.2 cm³/mol. The van der Waals surface area contributed by atoms with Gasteiger partial charge in [-0.3, -0.25) is 0 Å². The summed E-state index contributed by atoms with van der Waals surface area (Å²) in [7, 11) is 3.25. The molecule has 1 aliphatic carbocycles. The summed E-state index contributed by atoms with van der Waals surface area (Å²) in [6.07, 6.45) is 5.55. The number of hydrogen-bond acceptors (Lipinski definition) is 3. The fraction of sp³-hybridized carbons (Fsp3) is 0.900. The molecule has 0 aromatic rings. The Bertz CT molecular complexity index is 180. The van der Waals surface area contributed by atoms with E-state index in [0.29, 0.717) is 12.1 Å². The Balaban J connectivity index is 0.000000251. The standard InChI is InChI=1S/C8H13NO.C2H6O/c1-6-9-7-4-2-3-5-8(7)10-6;1-3-2/h7-8H,2-5H2,1H3;1-2H3. The number of hydrogen-bond donors (Lipinski definition) is 0. The number of aliphatic imine (C=N–C) groups is 1. The van der Waals surface area contributed by atoms with Crippen molar-refractivity contribution in [2.24, 2.45) is 4.99 Å². The molecule has 1 aliphatic heterocycles. The van der Waals surface area contributed by atoms with E-state index in [9.17, 15) is 0 Å². The number of fused-ring (bicyclic) bond motifs is 1. The highest BCUT2D eigenvalue weighted by Gasteiger charge is 2.30. The summed E-state index contributed by atoms with van der Waals surface area (Å²) in [5.74, 6) is 0.900. The highest BCUT2D eigenvalue weighted by molar-refractivity contribution is 5.75. The van der Waals surface area contributed by atoms with Crippen molar-refractivity contribution in [1.29, 1.82) is 0 Å². The van der Waals surface area contributed by atoms with Crippen LogP contribution in [0.5, 0.6) is 0 Å². The Kier molecular flexibility index (Phi) is 4.22. The average Bonchev–Trinajstić information content (AvgIpc) is 2.45. The summed E-state index contributed by atoms with van der Waals surface area (Å²) in [5.41, 5.74) is 0. The van der Waals surface area contributed by atoms with Gasteiger partial charge in [-0.1, -0.05) is 6.42 Å². The van der Waals surface area contributed by atoms with Gasteiger partial charge in [0.15, 0.2) is 5.90 Å². The first-order chi connectivity index (χ1) is 6.27. The minimum absolute atomic E-state index is 0.439. The van der Waals surface area contributed by atoms with E-state index in [1.54, 1.807) is 14.2 Å². The maximum atomic E-state index is 5.52. The van der Waals surface area contributed by atoms with E-state index < -0.39 is 0 Å². The lowest BCUT2D eigenvalue weighted by Crippen LogP contribution is -2.25. The first-order valence-electron chi connectivity index (χ1n) is 4.89.